The van der Waals surface area contributed by atoms with Crippen molar-refractivity contribution in [3.8, 4) is 0 Å². The van der Waals surface area contributed by atoms with Gasteiger partial charge in [0.25, 0.3) is 0 Å². The third-order valence-electron chi connectivity index (χ3n) is 2.68. The van der Waals surface area contributed by atoms with Crippen LogP contribution in [0.3, 0.4) is 0 Å². The number of para-hydroxylation sites is 1. The maximum absolute atomic E-state index is 6.03. The van der Waals surface area contributed by atoms with E-state index in [1.54, 1.807) is 7.11 Å². The van der Waals surface area contributed by atoms with Gasteiger partial charge in [-0.25, -0.2) is 0 Å². The number of ether oxygens (including phenoxy) is 1. The summed E-state index contributed by atoms with van der Waals surface area (Å²) in [6.45, 7) is 1.99. The van der Waals surface area contributed by atoms with Crippen molar-refractivity contribution in [1.29, 1.82) is 0 Å². The summed E-state index contributed by atoms with van der Waals surface area (Å²) in [6, 6.07) is 12.2. The second-order valence-electron chi connectivity index (χ2n) is 4.18. The Morgan fingerprint density at radius 1 is 1.28 bits per heavy atom. The van der Waals surface area contributed by atoms with Crippen LogP contribution in [0.15, 0.2) is 36.4 Å². The van der Waals surface area contributed by atoms with E-state index in [4.69, 9.17) is 16.3 Å². The fourth-order valence-corrected chi connectivity index (χ4v) is 2.04. The predicted octanol–water partition coefficient (Wildman–Crippen LogP) is 2.58. The standard InChI is InChI=1S/C14H17ClN2O/c1-18-10-12(15)8-16-9-13-7-6-11-4-2-3-5-14(11)17-13/h2-7,12,16H,8-10H2,1H3. The molecule has 0 amide bonds. The number of pyridine rings is 1. The average molecular weight is 265 g/mol. The lowest BCUT2D eigenvalue weighted by Gasteiger charge is -2.09. The topological polar surface area (TPSA) is 34.1 Å². The number of fused-ring (bicyclic) bond motifs is 1. The van der Waals surface area contributed by atoms with Crippen molar-refractivity contribution in [3.63, 3.8) is 0 Å². The zero-order valence-corrected chi connectivity index (χ0v) is 11.2. The molecule has 0 aliphatic carbocycles. The Bertz CT molecular complexity index is 504. The van der Waals surface area contributed by atoms with E-state index < -0.39 is 0 Å². The highest BCUT2D eigenvalue weighted by Gasteiger charge is 2.03. The first kappa shape index (κ1) is 13.3. The number of rotatable bonds is 6. The van der Waals surface area contributed by atoms with Crippen molar-refractivity contribution >= 4 is 22.5 Å². The summed E-state index contributed by atoms with van der Waals surface area (Å²) in [6.07, 6.45) is 0. The van der Waals surface area contributed by atoms with Crippen molar-refractivity contribution in [2.45, 2.75) is 11.9 Å². The van der Waals surface area contributed by atoms with Gasteiger partial charge in [-0.15, -0.1) is 11.6 Å². The minimum atomic E-state index is -0.00421. The Balaban J connectivity index is 1.91. The number of benzene rings is 1. The SMILES string of the molecule is COCC(Cl)CNCc1ccc2ccccc2n1. The summed E-state index contributed by atoms with van der Waals surface area (Å²) in [5, 5.41) is 4.44. The molecule has 1 aromatic carbocycles. The molecule has 1 N–H and O–H groups in total. The number of hydrogen-bond donors (Lipinski definition) is 1. The van der Waals surface area contributed by atoms with Crippen molar-refractivity contribution in [3.05, 3.63) is 42.1 Å². The van der Waals surface area contributed by atoms with Gasteiger partial charge in [0.2, 0.25) is 0 Å². The lowest BCUT2D eigenvalue weighted by atomic mass is 10.2. The Morgan fingerprint density at radius 2 is 2.11 bits per heavy atom. The lowest BCUT2D eigenvalue weighted by molar-refractivity contribution is 0.197. The van der Waals surface area contributed by atoms with Crippen LogP contribution in [0.25, 0.3) is 10.9 Å². The molecule has 0 aliphatic heterocycles. The first-order chi connectivity index (χ1) is 8.79. The van der Waals surface area contributed by atoms with Gasteiger partial charge in [0.1, 0.15) is 0 Å². The van der Waals surface area contributed by atoms with Crippen molar-refractivity contribution in [2.24, 2.45) is 0 Å². The number of halogens is 1. The monoisotopic (exact) mass is 264 g/mol. The van der Waals surface area contributed by atoms with Crippen molar-refractivity contribution in [1.82, 2.24) is 10.3 Å². The van der Waals surface area contributed by atoms with Crippen LogP contribution in [-0.2, 0) is 11.3 Å². The number of methoxy groups -OCH3 is 1. The molecule has 0 saturated carbocycles. The second kappa shape index (κ2) is 6.69. The third kappa shape index (κ3) is 3.67. The number of nitrogens with zero attached hydrogens (tertiary/aromatic N) is 1. The zero-order valence-electron chi connectivity index (χ0n) is 10.4. The fourth-order valence-electron chi connectivity index (χ4n) is 1.80. The Kier molecular flexibility index (Phi) is 4.93. The van der Waals surface area contributed by atoms with Crippen LogP contribution in [0.1, 0.15) is 5.69 Å². The smallest absolute Gasteiger partial charge is 0.0705 e. The largest absolute Gasteiger partial charge is 0.383 e. The molecule has 0 fully saturated rings. The van der Waals surface area contributed by atoms with Crippen LogP contribution in [0, 0.1) is 0 Å². The molecule has 2 rings (SSSR count). The van der Waals surface area contributed by atoms with E-state index in [1.165, 1.54) is 0 Å². The highest BCUT2D eigenvalue weighted by Crippen LogP contribution is 2.11. The molecule has 0 bridgehead atoms. The van der Waals surface area contributed by atoms with E-state index in [9.17, 15) is 0 Å². The second-order valence-corrected chi connectivity index (χ2v) is 4.80. The first-order valence-corrected chi connectivity index (χ1v) is 6.41. The van der Waals surface area contributed by atoms with Crippen LogP contribution in [0.4, 0.5) is 0 Å². The van der Waals surface area contributed by atoms with Crippen LogP contribution >= 0.6 is 11.6 Å². The minimum Gasteiger partial charge on any atom is -0.383 e. The van der Waals surface area contributed by atoms with E-state index in [0.717, 1.165) is 23.1 Å². The molecule has 3 nitrogen and oxygen atoms in total. The lowest BCUT2D eigenvalue weighted by Crippen LogP contribution is -2.26. The summed E-state index contributed by atoms with van der Waals surface area (Å²) in [5.74, 6) is 0. The molecule has 0 aliphatic rings. The summed E-state index contributed by atoms with van der Waals surface area (Å²) >= 11 is 6.03. The maximum Gasteiger partial charge on any atom is 0.0705 e. The van der Waals surface area contributed by atoms with E-state index in [1.807, 2.05) is 24.3 Å². The molecule has 1 atom stereocenters. The van der Waals surface area contributed by atoms with Gasteiger partial charge < -0.3 is 10.1 Å². The molecule has 18 heavy (non-hydrogen) atoms. The van der Waals surface area contributed by atoms with Crippen molar-refractivity contribution < 1.29 is 4.74 Å². The molecule has 1 unspecified atom stereocenters. The van der Waals surface area contributed by atoms with Gasteiger partial charge >= 0.3 is 0 Å². The van der Waals surface area contributed by atoms with Gasteiger partial charge in [-0.3, -0.25) is 4.98 Å². The Hall–Kier alpha value is -1.16. The molecule has 1 heterocycles. The van der Waals surface area contributed by atoms with E-state index in [0.29, 0.717) is 13.2 Å². The minimum absolute atomic E-state index is 0.00421. The van der Waals surface area contributed by atoms with Gasteiger partial charge in [0.05, 0.1) is 23.2 Å². The molecule has 0 saturated heterocycles. The Morgan fingerprint density at radius 3 is 2.94 bits per heavy atom. The first-order valence-electron chi connectivity index (χ1n) is 5.98. The van der Waals surface area contributed by atoms with Crippen LogP contribution < -0.4 is 5.32 Å². The van der Waals surface area contributed by atoms with E-state index in [-0.39, 0.29) is 5.38 Å². The average Bonchev–Trinajstić information content (AvgIpc) is 2.39. The van der Waals surface area contributed by atoms with Gasteiger partial charge in [0.15, 0.2) is 0 Å². The van der Waals surface area contributed by atoms with Crippen LogP contribution in [0.2, 0.25) is 0 Å². The van der Waals surface area contributed by atoms with Crippen LogP contribution in [0.5, 0.6) is 0 Å². The normalized spacial score (nSPS) is 12.8. The van der Waals surface area contributed by atoms with E-state index in [2.05, 4.69) is 22.4 Å². The van der Waals surface area contributed by atoms with Crippen molar-refractivity contribution in [2.75, 3.05) is 20.3 Å². The Labute approximate surface area is 112 Å². The molecule has 0 radical (unpaired) electrons. The predicted molar refractivity (Wildman–Crippen MR) is 75.0 cm³/mol. The van der Waals surface area contributed by atoms with E-state index >= 15 is 0 Å². The van der Waals surface area contributed by atoms with Crippen LogP contribution in [-0.4, -0.2) is 30.6 Å². The summed E-state index contributed by atoms with van der Waals surface area (Å²) in [7, 11) is 1.65. The highest BCUT2D eigenvalue weighted by molar-refractivity contribution is 6.20. The maximum atomic E-state index is 6.03. The molecule has 2 aromatic rings. The molecular weight excluding hydrogens is 248 g/mol. The summed E-state index contributed by atoms with van der Waals surface area (Å²) in [4.78, 5) is 4.58. The number of hydrogen-bond acceptors (Lipinski definition) is 3. The quantitative estimate of drug-likeness (QED) is 0.815. The molecule has 0 spiro atoms. The number of aromatic nitrogens is 1. The van der Waals surface area contributed by atoms with Gasteiger partial charge in [-0.2, -0.15) is 0 Å². The van der Waals surface area contributed by atoms with Gasteiger partial charge in [-0.1, -0.05) is 24.3 Å². The number of alkyl halides is 1. The number of nitrogens with one attached hydrogen (secondary N) is 1. The highest BCUT2D eigenvalue weighted by atomic mass is 35.5. The molecule has 1 aromatic heterocycles. The molecule has 96 valence electrons. The molecular formula is C14H17ClN2O. The third-order valence-corrected chi connectivity index (χ3v) is 2.96. The molecule has 4 heteroatoms. The summed E-state index contributed by atoms with van der Waals surface area (Å²) < 4.78 is 4.98. The zero-order chi connectivity index (χ0) is 12.8. The summed E-state index contributed by atoms with van der Waals surface area (Å²) in [5.41, 5.74) is 2.05. The van der Waals surface area contributed by atoms with Gasteiger partial charge in [0, 0.05) is 25.6 Å². The fraction of sp³-hybridized carbons (Fsp3) is 0.357. The van der Waals surface area contributed by atoms with Gasteiger partial charge in [-0.05, 0) is 12.1 Å².